The fourth-order valence-electron chi connectivity index (χ4n) is 3.76. The second-order valence-corrected chi connectivity index (χ2v) is 8.72. The van der Waals surface area contributed by atoms with Crippen LogP contribution in [0.15, 0.2) is 0 Å². The third kappa shape index (κ3) is 1.89. The third-order valence-corrected chi connectivity index (χ3v) is 6.66. The normalized spacial score (nSPS) is 44.7. The van der Waals surface area contributed by atoms with E-state index in [1.807, 2.05) is 0 Å². The first-order valence-corrected chi connectivity index (χ1v) is 9.32. The quantitative estimate of drug-likeness (QED) is 0.473. The van der Waals surface area contributed by atoms with Gasteiger partial charge in [0, 0.05) is 11.8 Å². The van der Waals surface area contributed by atoms with E-state index in [2.05, 4.69) is 4.74 Å². The summed E-state index contributed by atoms with van der Waals surface area (Å²) in [5, 5.41) is -0.954. The Balaban J connectivity index is 2.02. The largest absolute Gasteiger partial charge is 0.469 e. The molecule has 0 aromatic rings. The first-order valence-electron chi connectivity index (χ1n) is 6.04. The molecule has 1 heterocycles. The molecule has 10 heteroatoms. The molecule has 2 aliphatic carbocycles. The summed E-state index contributed by atoms with van der Waals surface area (Å²) in [6, 6.07) is 0. The second kappa shape index (κ2) is 4.15. The van der Waals surface area contributed by atoms with Crippen molar-refractivity contribution in [2.75, 3.05) is 13.4 Å². The van der Waals surface area contributed by atoms with Crippen molar-refractivity contribution >= 4 is 26.2 Å². The van der Waals surface area contributed by atoms with Crippen LogP contribution in [0.1, 0.15) is 6.42 Å². The lowest BCUT2D eigenvalue weighted by atomic mass is 9.85. The molecule has 3 fully saturated rings. The highest BCUT2D eigenvalue weighted by atomic mass is 32.2. The van der Waals surface area contributed by atoms with Gasteiger partial charge in [-0.25, -0.2) is 0 Å². The summed E-state index contributed by atoms with van der Waals surface area (Å²) < 4.78 is 61.2. The Morgan fingerprint density at radius 1 is 1.30 bits per heavy atom. The van der Waals surface area contributed by atoms with E-state index in [4.69, 9.17) is 8.37 Å². The number of rotatable bonds is 3. The van der Waals surface area contributed by atoms with E-state index in [0.29, 0.717) is 6.42 Å². The van der Waals surface area contributed by atoms with Gasteiger partial charge in [0.25, 0.3) is 20.2 Å². The predicted octanol–water partition coefficient (Wildman–Crippen LogP) is -1.13. The van der Waals surface area contributed by atoms with Gasteiger partial charge >= 0.3 is 5.97 Å². The Morgan fingerprint density at radius 3 is 2.50 bits per heavy atom. The molecule has 6 unspecified atom stereocenters. The van der Waals surface area contributed by atoms with Crippen LogP contribution in [0.3, 0.4) is 0 Å². The fraction of sp³-hybridized carbons (Fsp3) is 0.900. The van der Waals surface area contributed by atoms with Gasteiger partial charge in [0.05, 0.1) is 19.3 Å². The van der Waals surface area contributed by atoms with Gasteiger partial charge in [-0.3, -0.25) is 13.2 Å². The van der Waals surface area contributed by atoms with E-state index >= 15 is 0 Å². The molecule has 3 rings (SSSR count). The number of esters is 1. The SMILES string of the molecule is COC(=O)C1C2CC3C(OS(=O)(=O)C31)C2OS(C)(=O)=O. The lowest BCUT2D eigenvalue weighted by molar-refractivity contribution is -0.148. The average molecular weight is 326 g/mol. The monoisotopic (exact) mass is 326 g/mol. The molecule has 0 radical (unpaired) electrons. The van der Waals surface area contributed by atoms with Crippen molar-refractivity contribution in [1.82, 2.24) is 0 Å². The van der Waals surface area contributed by atoms with Gasteiger partial charge in [0.1, 0.15) is 17.5 Å². The Morgan fingerprint density at radius 2 is 1.95 bits per heavy atom. The number of carbonyl (C=O) groups is 1. The van der Waals surface area contributed by atoms with Gasteiger partial charge in [0.15, 0.2) is 0 Å². The van der Waals surface area contributed by atoms with Gasteiger partial charge in [-0.05, 0) is 6.42 Å². The van der Waals surface area contributed by atoms with Crippen LogP contribution in [-0.4, -0.2) is 53.6 Å². The van der Waals surface area contributed by atoms with E-state index < -0.39 is 61.4 Å². The maximum Gasteiger partial charge on any atom is 0.310 e. The lowest BCUT2D eigenvalue weighted by Crippen LogP contribution is -2.45. The van der Waals surface area contributed by atoms with Gasteiger partial charge in [-0.1, -0.05) is 0 Å². The van der Waals surface area contributed by atoms with E-state index in [9.17, 15) is 21.6 Å². The van der Waals surface area contributed by atoms with Crippen LogP contribution in [0.2, 0.25) is 0 Å². The van der Waals surface area contributed by atoms with Crippen molar-refractivity contribution in [3.63, 3.8) is 0 Å². The molecule has 0 aromatic heterocycles. The zero-order chi connectivity index (χ0) is 14.9. The minimum Gasteiger partial charge on any atom is -0.469 e. The number of carbonyl (C=O) groups excluding carboxylic acids is 1. The molecule has 0 amide bonds. The van der Waals surface area contributed by atoms with Gasteiger partial charge in [-0.2, -0.15) is 16.8 Å². The highest BCUT2D eigenvalue weighted by Crippen LogP contribution is 2.58. The maximum absolute atomic E-state index is 12.0. The van der Waals surface area contributed by atoms with E-state index in [1.54, 1.807) is 0 Å². The highest BCUT2D eigenvalue weighted by molar-refractivity contribution is 7.87. The Kier molecular flexibility index (Phi) is 2.96. The predicted molar refractivity (Wildman–Crippen MR) is 64.4 cm³/mol. The van der Waals surface area contributed by atoms with Gasteiger partial charge in [0.2, 0.25) is 0 Å². The van der Waals surface area contributed by atoms with E-state index in [-0.39, 0.29) is 0 Å². The minimum atomic E-state index is -3.90. The first kappa shape index (κ1) is 14.2. The molecule has 1 saturated heterocycles. The molecule has 2 saturated carbocycles. The van der Waals surface area contributed by atoms with Crippen molar-refractivity contribution in [3.8, 4) is 0 Å². The zero-order valence-corrected chi connectivity index (χ0v) is 12.4. The van der Waals surface area contributed by atoms with Crippen molar-refractivity contribution < 1.29 is 34.7 Å². The van der Waals surface area contributed by atoms with Crippen LogP contribution in [0.4, 0.5) is 0 Å². The standard InChI is InChI=1S/C10H14O8S2/c1-16-10(11)6-4-3-5-8(7(4)17-19(2,12)13)18-20(14,15)9(5)6/h4-9H,3H2,1-2H3. The topological polar surface area (TPSA) is 113 Å². The van der Waals surface area contributed by atoms with Gasteiger partial charge < -0.3 is 4.74 Å². The molecule has 1 aliphatic heterocycles. The lowest BCUT2D eigenvalue weighted by Gasteiger charge is -2.28. The van der Waals surface area contributed by atoms with Crippen LogP contribution in [0.5, 0.6) is 0 Å². The fourth-order valence-corrected chi connectivity index (χ4v) is 6.48. The Labute approximate surface area is 116 Å². The average Bonchev–Trinajstić information content (AvgIpc) is 2.88. The van der Waals surface area contributed by atoms with Crippen molar-refractivity contribution in [3.05, 3.63) is 0 Å². The van der Waals surface area contributed by atoms with E-state index in [0.717, 1.165) is 6.26 Å². The van der Waals surface area contributed by atoms with Crippen LogP contribution in [-0.2, 0) is 38.1 Å². The molecule has 6 atom stereocenters. The summed E-state index contributed by atoms with van der Waals surface area (Å²) in [6.07, 6.45) is -0.514. The summed E-state index contributed by atoms with van der Waals surface area (Å²) >= 11 is 0. The molecule has 20 heavy (non-hydrogen) atoms. The summed E-state index contributed by atoms with van der Waals surface area (Å²) in [6.45, 7) is 0. The van der Waals surface area contributed by atoms with Gasteiger partial charge in [-0.15, -0.1) is 0 Å². The van der Waals surface area contributed by atoms with Crippen LogP contribution in [0, 0.1) is 17.8 Å². The Hall–Kier alpha value is -0.710. The molecule has 8 nitrogen and oxygen atoms in total. The molecule has 0 N–H and O–H groups in total. The molecule has 114 valence electrons. The first-order chi connectivity index (χ1) is 9.15. The maximum atomic E-state index is 12.0. The number of methoxy groups -OCH3 is 1. The molecule has 0 spiro atoms. The molecular weight excluding hydrogens is 312 g/mol. The van der Waals surface area contributed by atoms with Crippen molar-refractivity contribution in [2.24, 2.45) is 17.8 Å². The number of hydrogen-bond donors (Lipinski definition) is 0. The van der Waals surface area contributed by atoms with Crippen molar-refractivity contribution in [1.29, 1.82) is 0 Å². The summed E-state index contributed by atoms with van der Waals surface area (Å²) in [5.74, 6) is -2.53. The molecule has 2 bridgehead atoms. The zero-order valence-electron chi connectivity index (χ0n) is 10.8. The summed E-state index contributed by atoms with van der Waals surface area (Å²) in [7, 11) is -6.51. The van der Waals surface area contributed by atoms with E-state index in [1.165, 1.54) is 7.11 Å². The molecule has 3 aliphatic rings. The smallest absolute Gasteiger partial charge is 0.310 e. The van der Waals surface area contributed by atoms with Crippen molar-refractivity contribution in [2.45, 2.75) is 23.9 Å². The summed E-state index contributed by atoms with van der Waals surface area (Å²) in [4.78, 5) is 11.8. The molecular formula is C10H14O8S2. The second-order valence-electron chi connectivity index (χ2n) is 5.40. The third-order valence-electron chi connectivity index (χ3n) is 4.29. The van der Waals surface area contributed by atoms with Crippen LogP contribution < -0.4 is 0 Å². The summed E-state index contributed by atoms with van der Waals surface area (Å²) in [5.41, 5.74) is 0. The van der Waals surface area contributed by atoms with Crippen LogP contribution in [0.25, 0.3) is 0 Å². The minimum absolute atomic E-state index is 0.383. The number of fused-ring (bicyclic) bond motifs is 1. The number of ether oxygens (including phenoxy) is 1. The highest BCUT2D eigenvalue weighted by Gasteiger charge is 2.71. The van der Waals surface area contributed by atoms with Crippen LogP contribution >= 0.6 is 0 Å². The number of hydrogen-bond acceptors (Lipinski definition) is 8. The Bertz CT molecular complexity index is 651. The molecule has 0 aromatic carbocycles.